The predicted octanol–water partition coefficient (Wildman–Crippen LogP) is 1.49. The largest absolute Gasteiger partial charge is 0.299 e. The Morgan fingerprint density at radius 1 is 1.38 bits per heavy atom. The van der Waals surface area contributed by atoms with Gasteiger partial charge in [0.05, 0.1) is 5.25 Å². The third-order valence-corrected chi connectivity index (χ3v) is 1.81. The van der Waals surface area contributed by atoms with Crippen molar-refractivity contribution in [3.05, 3.63) is 5.92 Å². The van der Waals surface area contributed by atoms with E-state index in [0.717, 1.165) is 5.92 Å². The molecule has 0 aliphatic heterocycles. The average Bonchev–Trinajstić information content (AvgIpc) is 1.64. The molecular formula is C6H11OS. The number of carbonyl (C=O) groups excluding carboxylic acids is 1. The van der Waals surface area contributed by atoms with E-state index < -0.39 is 0 Å². The predicted molar refractivity (Wildman–Crippen MR) is 38.0 cm³/mol. The van der Waals surface area contributed by atoms with Crippen LogP contribution in [-0.4, -0.2) is 11.0 Å². The van der Waals surface area contributed by atoms with Crippen LogP contribution in [0.15, 0.2) is 0 Å². The minimum atomic E-state index is -0.157. The topological polar surface area (TPSA) is 17.1 Å². The number of ketones is 1. The van der Waals surface area contributed by atoms with Crippen molar-refractivity contribution in [1.29, 1.82) is 0 Å². The lowest BCUT2D eigenvalue weighted by Crippen LogP contribution is -2.15. The highest BCUT2D eigenvalue weighted by Crippen LogP contribution is 2.10. The van der Waals surface area contributed by atoms with Crippen LogP contribution in [0.4, 0.5) is 0 Å². The van der Waals surface area contributed by atoms with Crippen LogP contribution in [0, 0.1) is 5.92 Å². The lowest BCUT2D eigenvalue weighted by atomic mass is 10.1. The number of hydrogen-bond donors (Lipinski definition) is 1. The average molecular weight is 131 g/mol. The van der Waals surface area contributed by atoms with Crippen LogP contribution in [0.5, 0.6) is 0 Å². The first-order chi connectivity index (χ1) is 3.55. The van der Waals surface area contributed by atoms with Gasteiger partial charge >= 0.3 is 0 Å². The second kappa shape index (κ2) is 3.13. The molecule has 1 atom stereocenters. The normalized spacial score (nSPS) is 14.1. The van der Waals surface area contributed by atoms with Crippen LogP contribution in [0.25, 0.3) is 0 Å². The number of hydrogen-bond acceptors (Lipinski definition) is 2. The quantitative estimate of drug-likeness (QED) is 0.562. The summed E-state index contributed by atoms with van der Waals surface area (Å²) in [4.78, 5) is 10.5. The molecule has 0 bridgehead atoms. The fourth-order valence-corrected chi connectivity index (χ4v) is 0.407. The highest BCUT2D eigenvalue weighted by Gasteiger charge is 2.12. The van der Waals surface area contributed by atoms with Crippen LogP contribution in [0.1, 0.15) is 20.8 Å². The maximum Gasteiger partial charge on any atom is 0.143 e. The number of thiol groups is 1. The standard InChI is InChI=1S/C6H11OS/c1-4(2)6(8)5(3)7/h6,8H,1-3H3. The second-order valence-electron chi connectivity index (χ2n) is 2.09. The summed E-state index contributed by atoms with van der Waals surface area (Å²) < 4.78 is 0. The van der Waals surface area contributed by atoms with Gasteiger partial charge in [-0.1, -0.05) is 13.8 Å². The molecule has 0 amide bonds. The van der Waals surface area contributed by atoms with Crippen LogP contribution in [0.2, 0.25) is 0 Å². The van der Waals surface area contributed by atoms with E-state index >= 15 is 0 Å². The molecule has 0 aromatic rings. The minimum Gasteiger partial charge on any atom is -0.299 e. The molecule has 0 aromatic heterocycles. The van der Waals surface area contributed by atoms with Crippen LogP contribution < -0.4 is 0 Å². The SMILES string of the molecule is C[C](C)C(S)C(C)=O. The van der Waals surface area contributed by atoms with E-state index in [1.807, 2.05) is 13.8 Å². The molecule has 47 valence electrons. The van der Waals surface area contributed by atoms with Crippen molar-refractivity contribution in [1.82, 2.24) is 0 Å². The van der Waals surface area contributed by atoms with E-state index in [9.17, 15) is 4.79 Å². The molecule has 0 aliphatic carbocycles. The summed E-state index contributed by atoms with van der Waals surface area (Å²) in [5, 5.41) is -0.157. The van der Waals surface area contributed by atoms with Crippen molar-refractivity contribution in [3.63, 3.8) is 0 Å². The Labute approximate surface area is 55.9 Å². The van der Waals surface area contributed by atoms with Crippen molar-refractivity contribution < 1.29 is 4.79 Å². The summed E-state index contributed by atoms with van der Waals surface area (Å²) >= 11 is 4.03. The summed E-state index contributed by atoms with van der Waals surface area (Å²) in [6.45, 7) is 5.35. The Hall–Kier alpha value is 0.0200. The zero-order chi connectivity index (χ0) is 6.73. The van der Waals surface area contributed by atoms with Gasteiger partial charge in [0.25, 0.3) is 0 Å². The molecule has 0 aliphatic rings. The lowest BCUT2D eigenvalue weighted by molar-refractivity contribution is -0.116. The van der Waals surface area contributed by atoms with Crippen LogP contribution in [0.3, 0.4) is 0 Å². The van der Waals surface area contributed by atoms with Gasteiger partial charge in [-0.05, 0) is 12.8 Å². The summed E-state index contributed by atoms with van der Waals surface area (Å²) in [5.74, 6) is 1.18. The Kier molecular flexibility index (Phi) is 3.13. The van der Waals surface area contributed by atoms with Crippen molar-refractivity contribution in [2.75, 3.05) is 0 Å². The second-order valence-corrected chi connectivity index (χ2v) is 2.61. The summed E-state index contributed by atoms with van der Waals surface area (Å²) in [6, 6.07) is 0. The molecule has 0 saturated carbocycles. The van der Waals surface area contributed by atoms with Gasteiger partial charge in [0.15, 0.2) is 0 Å². The monoisotopic (exact) mass is 131 g/mol. The molecule has 0 fully saturated rings. The molecule has 1 unspecified atom stereocenters. The minimum absolute atomic E-state index is 0.119. The van der Waals surface area contributed by atoms with Gasteiger partial charge in [0.1, 0.15) is 5.78 Å². The highest BCUT2D eigenvalue weighted by molar-refractivity contribution is 7.82. The van der Waals surface area contributed by atoms with E-state index in [-0.39, 0.29) is 11.0 Å². The van der Waals surface area contributed by atoms with Crippen molar-refractivity contribution in [2.45, 2.75) is 26.0 Å². The Bertz CT molecular complexity index is 88.5. The molecule has 0 N–H and O–H groups in total. The van der Waals surface area contributed by atoms with Gasteiger partial charge in [0.2, 0.25) is 0 Å². The van der Waals surface area contributed by atoms with Gasteiger partial charge in [-0.25, -0.2) is 0 Å². The third-order valence-electron chi connectivity index (χ3n) is 0.932. The van der Waals surface area contributed by atoms with Crippen molar-refractivity contribution >= 4 is 18.4 Å². The van der Waals surface area contributed by atoms with Gasteiger partial charge in [-0.3, -0.25) is 4.79 Å². The molecule has 0 saturated heterocycles. The number of rotatable bonds is 2. The summed E-state index contributed by atoms with van der Waals surface area (Å²) in [5.41, 5.74) is 0. The molecule has 0 aromatic carbocycles. The van der Waals surface area contributed by atoms with E-state index in [1.54, 1.807) is 6.92 Å². The molecule has 2 heteroatoms. The lowest BCUT2D eigenvalue weighted by Gasteiger charge is -2.07. The number of carbonyl (C=O) groups is 1. The van der Waals surface area contributed by atoms with Gasteiger partial charge in [0, 0.05) is 0 Å². The molecule has 0 heterocycles. The highest BCUT2D eigenvalue weighted by atomic mass is 32.1. The summed E-state index contributed by atoms with van der Waals surface area (Å²) in [6.07, 6.45) is 0. The van der Waals surface area contributed by atoms with Gasteiger partial charge in [-0.2, -0.15) is 12.6 Å². The third kappa shape index (κ3) is 2.36. The van der Waals surface area contributed by atoms with E-state index in [2.05, 4.69) is 12.6 Å². The molecule has 8 heavy (non-hydrogen) atoms. The fraction of sp³-hybridized carbons (Fsp3) is 0.667. The van der Waals surface area contributed by atoms with Crippen LogP contribution in [-0.2, 0) is 4.79 Å². The molecule has 1 radical (unpaired) electrons. The Morgan fingerprint density at radius 2 is 1.75 bits per heavy atom. The zero-order valence-electron chi connectivity index (χ0n) is 5.43. The first-order valence-electron chi connectivity index (χ1n) is 2.54. The molecule has 0 rings (SSSR count). The smallest absolute Gasteiger partial charge is 0.143 e. The Balaban J connectivity index is 3.64. The maximum atomic E-state index is 10.5. The fourth-order valence-electron chi connectivity index (χ4n) is 0.407. The van der Waals surface area contributed by atoms with E-state index in [0.29, 0.717) is 0 Å². The maximum absolute atomic E-state index is 10.5. The molecular weight excluding hydrogens is 120 g/mol. The number of Topliss-reactive ketones (excluding diaryl/α,β-unsaturated/α-hetero) is 1. The molecule has 1 nitrogen and oxygen atoms in total. The van der Waals surface area contributed by atoms with Crippen LogP contribution >= 0.6 is 12.6 Å². The molecule has 0 spiro atoms. The summed E-state index contributed by atoms with van der Waals surface area (Å²) in [7, 11) is 0. The van der Waals surface area contributed by atoms with Gasteiger partial charge in [-0.15, -0.1) is 0 Å². The Morgan fingerprint density at radius 3 is 1.75 bits per heavy atom. The van der Waals surface area contributed by atoms with Crippen molar-refractivity contribution in [3.8, 4) is 0 Å². The zero-order valence-corrected chi connectivity index (χ0v) is 6.33. The van der Waals surface area contributed by atoms with Crippen molar-refractivity contribution in [2.24, 2.45) is 0 Å². The van der Waals surface area contributed by atoms with E-state index in [1.165, 1.54) is 0 Å². The first-order valence-corrected chi connectivity index (χ1v) is 3.06. The van der Waals surface area contributed by atoms with Gasteiger partial charge < -0.3 is 0 Å². The first kappa shape index (κ1) is 8.02. The van der Waals surface area contributed by atoms with E-state index in [4.69, 9.17) is 0 Å².